The van der Waals surface area contributed by atoms with Gasteiger partial charge in [0.25, 0.3) is 5.56 Å². The van der Waals surface area contributed by atoms with Crippen molar-refractivity contribution in [3.8, 4) is 5.75 Å². The van der Waals surface area contributed by atoms with Crippen molar-refractivity contribution < 1.29 is 9.53 Å². The average Bonchev–Trinajstić information content (AvgIpc) is 2.79. The molecule has 6 nitrogen and oxygen atoms in total. The molecule has 1 N–H and O–H groups in total. The lowest BCUT2D eigenvalue weighted by molar-refractivity contribution is -0.120. The van der Waals surface area contributed by atoms with Gasteiger partial charge >= 0.3 is 0 Å². The zero-order chi connectivity index (χ0) is 23.4. The molecule has 0 aliphatic carbocycles. The van der Waals surface area contributed by atoms with Crippen LogP contribution in [0.2, 0.25) is 0 Å². The normalized spacial score (nSPS) is 16.6. The van der Waals surface area contributed by atoms with Crippen LogP contribution >= 0.6 is 0 Å². The smallest absolute Gasteiger partial charge is 0.293 e. The van der Waals surface area contributed by atoms with Gasteiger partial charge in [-0.25, -0.2) is 4.98 Å². The van der Waals surface area contributed by atoms with Crippen LogP contribution in [0.5, 0.6) is 5.75 Å². The van der Waals surface area contributed by atoms with E-state index in [4.69, 9.17) is 4.74 Å². The fourth-order valence-corrected chi connectivity index (χ4v) is 4.12. The van der Waals surface area contributed by atoms with Gasteiger partial charge < -0.3 is 14.6 Å². The first-order chi connectivity index (χ1) is 15.8. The van der Waals surface area contributed by atoms with Gasteiger partial charge in [0.2, 0.25) is 11.7 Å². The third kappa shape index (κ3) is 5.69. The molecule has 2 heterocycles. The number of rotatable bonds is 6. The Bertz CT molecular complexity index is 1150. The molecule has 0 saturated carbocycles. The van der Waals surface area contributed by atoms with Crippen LogP contribution in [0.1, 0.15) is 50.6 Å². The second kappa shape index (κ2) is 9.61. The Morgan fingerprint density at radius 3 is 2.42 bits per heavy atom. The number of amides is 1. The molecule has 1 aliphatic rings. The summed E-state index contributed by atoms with van der Waals surface area (Å²) in [6.45, 7) is 7.52. The van der Waals surface area contributed by atoms with Crippen molar-refractivity contribution in [2.45, 2.75) is 52.1 Å². The van der Waals surface area contributed by atoms with E-state index in [0.29, 0.717) is 31.8 Å². The van der Waals surface area contributed by atoms with Crippen molar-refractivity contribution in [3.63, 3.8) is 0 Å². The van der Waals surface area contributed by atoms with Crippen molar-refractivity contribution in [2.24, 2.45) is 5.92 Å². The molecule has 1 saturated heterocycles. The van der Waals surface area contributed by atoms with Crippen molar-refractivity contribution in [1.29, 1.82) is 0 Å². The number of carbonyl (C=O) groups excluding carboxylic acids is 1. The third-order valence-electron chi connectivity index (χ3n) is 6.11. The standard InChI is InChI=1S/C27H31N3O3/c1-27(2,3)21-9-11-22(12-10-21)30-14-13-20(16-25(30)31)15-24-28-17-23(26(32)29-24)33-18-19-7-5-4-6-8-19/h4-12,17,20H,13-16,18H2,1-3H3,(H,28,29,32). The fraction of sp³-hybridized carbons (Fsp3) is 0.370. The van der Waals surface area contributed by atoms with E-state index in [1.165, 1.54) is 11.8 Å². The average molecular weight is 446 g/mol. The molecule has 1 aromatic heterocycles. The number of hydrogen-bond donors (Lipinski definition) is 1. The molecule has 1 amide bonds. The number of nitrogens with zero attached hydrogens (tertiary/aromatic N) is 2. The van der Waals surface area contributed by atoms with E-state index in [9.17, 15) is 9.59 Å². The predicted octanol–water partition coefficient (Wildman–Crippen LogP) is 4.63. The van der Waals surface area contributed by atoms with Crippen molar-refractivity contribution in [1.82, 2.24) is 9.97 Å². The molecule has 0 bridgehead atoms. The number of benzene rings is 2. The molecule has 6 heteroatoms. The minimum absolute atomic E-state index is 0.0849. The summed E-state index contributed by atoms with van der Waals surface area (Å²) in [5.41, 5.74) is 2.97. The highest BCUT2D eigenvalue weighted by Gasteiger charge is 2.28. The molecular weight excluding hydrogens is 414 g/mol. The molecule has 0 spiro atoms. The number of carbonyl (C=O) groups is 1. The van der Waals surface area contributed by atoms with Gasteiger partial charge in [0.05, 0.1) is 6.20 Å². The van der Waals surface area contributed by atoms with Crippen LogP contribution in [-0.2, 0) is 23.2 Å². The number of aromatic amines is 1. The Hall–Kier alpha value is -3.41. The number of ether oxygens (including phenoxy) is 1. The number of H-pyrrole nitrogens is 1. The second-order valence-electron chi connectivity index (χ2n) is 9.70. The highest BCUT2D eigenvalue weighted by Crippen LogP contribution is 2.29. The molecule has 4 rings (SSSR count). The van der Waals surface area contributed by atoms with Crippen LogP contribution in [0.4, 0.5) is 5.69 Å². The van der Waals surface area contributed by atoms with Crippen LogP contribution in [0.25, 0.3) is 0 Å². The van der Waals surface area contributed by atoms with Crippen LogP contribution in [0.15, 0.2) is 65.6 Å². The van der Waals surface area contributed by atoms with Crippen LogP contribution in [-0.4, -0.2) is 22.4 Å². The molecule has 2 aromatic carbocycles. The summed E-state index contributed by atoms with van der Waals surface area (Å²) in [6, 6.07) is 17.9. The molecular formula is C27H31N3O3. The van der Waals surface area contributed by atoms with Gasteiger partial charge in [-0.15, -0.1) is 0 Å². The summed E-state index contributed by atoms with van der Waals surface area (Å²) < 4.78 is 5.61. The SMILES string of the molecule is CC(C)(C)c1ccc(N2CCC(Cc3ncc(OCc4ccccc4)c(=O)[nH]3)CC2=O)cc1. The number of anilines is 1. The summed E-state index contributed by atoms with van der Waals surface area (Å²) in [5.74, 6) is 1.06. The lowest BCUT2D eigenvalue weighted by atomic mass is 9.87. The highest BCUT2D eigenvalue weighted by atomic mass is 16.5. The van der Waals surface area contributed by atoms with Gasteiger partial charge in [0, 0.05) is 25.1 Å². The van der Waals surface area contributed by atoms with Crippen molar-refractivity contribution in [2.75, 3.05) is 11.4 Å². The van der Waals surface area contributed by atoms with Gasteiger partial charge in [-0.2, -0.15) is 0 Å². The maximum atomic E-state index is 12.8. The minimum atomic E-state index is -0.293. The maximum Gasteiger partial charge on any atom is 0.293 e. The Morgan fingerprint density at radius 1 is 1.06 bits per heavy atom. The lowest BCUT2D eigenvalue weighted by Crippen LogP contribution is -2.39. The molecule has 3 aromatic rings. The summed E-state index contributed by atoms with van der Waals surface area (Å²) in [7, 11) is 0. The summed E-state index contributed by atoms with van der Waals surface area (Å²) >= 11 is 0. The van der Waals surface area contributed by atoms with Gasteiger partial charge in [0.15, 0.2) is 0 Å². The van der Waals surface area contributed by atoms with E-state index in [1.807, 2.05) is 47.4 Å². The van der Waals surface area contributed by atoms with Crippen LogP contribution in [0, 0.1) is 5.92 Å². The number of piperidine rings is 1. The predicted molar refractivity (Wildman–Crippen MR) is 130 cm³/mol. The Kier molecular flexibility index (Phi) is 6.63. The largest absolute Gasteiger partial charge is 0.482 e. The van der Waals surface area contributed by atoms with Crippen LogP contribution < -0.4 is 15.2 Å². The molecule has 1 unspecified atom stereocenters. The van der Waals surface area contributed by atoms with E-state index < -0.39 is 0 Å². The molecule has 1 aliphatic heterocycles. The molecule has 1 fully saturated rings. The number of hydrogen-bond acceptors (Lipinski definition) is 4. The van der Waals surface area contributed by atoms with Gasteiger partial charge in [-0.3, -0.25) is 9.59 Å². The first kappa shape index (κ1) is 22.8. The lowest BCUT2D eigenvalue weighted by Gasteiger charge is -2.32. The van der Waals surface area contributed by atoms with E-state index in [-0.39, 0.29) is 28.5 Å². The maximum absolute atomic E-state index is 12.8. The molecule has 0 radical (unpaired) electrons. The minimum Gasteiger partial charge on any atom is -0.482 e. The Labute approximate surface area is 194 Å². The van der Waals surface area contributed by atoms with Gasteiger partial charge in [-0.1, -0.05) is 63.2 Å². The van der Waals surface area contributed by atoms with Crippen LogP contribution in [0.3, 0.4) is 0 Å². The van der Waals surface area contributed by atoms with E-state index in [0.717, 1.165) is 17.7 Å². The highest BCUT2D eigenvalue weighted by molar-refractivity contribution is 5.94. The fourth-order valence-electron chi connectivity index (χ4n) is 4.12. The van der Waals surface area contributed by atoms with E-state index >= 15 is 0 Å². The molecule has 33 heavy (non-hydrogen) atoms. The van der Waals surface area contributed by atoms with E-state index in [1.54, 1.807) is 0 Å². The Balaban J connectivity index is 1.34. The summed E-state index contributed by atoms with van der Waals surface area (Å²) in [5, 5.41) is 0. The zero-order valence-corrected chi connectivity index (χ0v) is 19.5. The van der Waals surface area contributed by atoms with Gasteiger partial charge in [0.1, 0.15) is 12.4 Å². The van der Waals surface area contributed by atoms with Crippen molar-refractivity contribution in [3.05, 3.63) is 88.1 Å². The monoisotopic (exact) mass is 445 g/mol. The van der Waals surface area contributed by atoms with E-state index in [2.05, 4.69) is 42.9 Å². The first-order valence-corrected chi connectivity index (χ1v) is 11.5. The topological polar surface area (TPSA) is 75.3 Å². The van der Waals surface area contributed by atoms with Crippen molar-refractivity contribution >= 4 is 11.6 Å². The number of nitrogens with one attached hydrogen (secondary N) is 1. The third-order valence-corrected chi connectivity index (χ3v) is 6.11. The zero-order valence-electron chi connectivity index (χ0n) is 19.5. The quantitative estimate of drug-likeness (QED) is 0.600. The summed E-state index contributed by atoms with van der Waals surface area (Å²) in [4.78, 5) is 34.3. The molecule has 1 atom stereocenters. The first-order valence-electron chi connectivity index (χ1n) is 11.5. The summed E-state index contributed by atoms with van der Waals surface area (Å²) in [6.07, 6.45) is 3.35. The number of aromatic nitrogens is 2. The Morgan fingerprint density at radius 2 is 1.79 bits per heavy atom. The van der Waals surface area contributed by atoms with Gasteiger partial charge in [-0.05, 0) is 41.0 Å². The second-order valence-corrected chi connectivity index (χ2v) is 9.70. The molecule has 172 valence electrons.